The van der Waals surface area contributed by atoms with Crippen LogP contribution in [0.1, 0.15) is 26.2 Å². The zero-order valence-corrected chi connectivity index (χ0v) is 9.50. The van der Waals surface area contributed by atoms with E-state index in [0.717, 1.165) is 19.3 Å². The number of H-pyrrole nitrogens is 3. The van der Waals surface area contributed by atoms with Crippen LogP contribution in [0.15, 0.2) is 9.59 Å². The zero-order chi connectivity index (χ0) is 12.3. The second kappa shape index (κ2) is 4.86. The molecule has 2 aromatic heterocycles. The lowest BCUT2D eigenvalue weighted by Crippen LogP contribution is -2.21. The SMILES string of the molecule is CCCCCOc1nc2[nH]c(=O)[nH]c(=O)c2[nH]1. The third-order valence-corrected chi connectivity index (χ3v) is 2.35. The molecule has 2 rings (SSSR count). The van der Waals surface area contributed by atoms with Crippen LogP contribution in [-0.4, -0.2) is 26.5 Å². The van der Waals surface area contributed by atoms with Gasteiger partial charge in [-0.15, -0.1) is 0 Å². The van der Waals surface area contributed by atoms with Crippen molar-refractivity contribution in [1.82, 2.24) is 19.9 Å². The second-order valence-corrected chi connectivity index (χ2v) is 3.73. The first kappa shape index (κ1) is 11.4. The Bertz CT molecular complexity index is 610. The molecule has 2 aromatic rings. The summed E-state index contributed by atoms with van der Waals surface area (Å²) in [5.41, 5.74) is -0.648. The molecule has 0 aromatic carbocycles. The highest BCUT2D eigenvalue weighted by Crippen LogP contribution is 2.09. The molecule has 0 aliphatic rings. The maximum absolute atomic E-state index is 11.4. The van der Waals surface area contributed by atoms with Crippen molar-refractivity contribution in [2.45, 2.75) is 26.2 Å². The van der Waals surface area contributed by atoms with Crippen LogP contribution < -0.4 is 16.0 Å². The molecule has 0 atom stereocenters. The molecular weight excluding hydrogens is 224 g/mol. The number of imidazole rings is 1. The smallest absolute Gasteiger partial charge is 0.327 e. The largest absolute Gasteiger partial charge is 0.465 e. The van der Waals surface area contributed by atoms with Crippen molar-refractivity contribution < 1.29 is 4.74 Å². The minimum Gasteiger partial charge on any atom is -0.465 e. The number of aromatic nitrogens is 4. The predicted octanol–water partition coefficient (Wildman–Crippen LogP) is 0.508. The van der Waals surface area contributed by atoms with Gasteiger partial charge in [-0.1, -0.05) is 19.8 Å². The van der Waals surface area contributed by atoms with Crippen molar-refractivity contribution >= 4 is 11.2 Å². The van der Waals surface area contributed by atoms with Crippen LogP contribution in [0.5, 0.6) is 6.01 Å². The molecule has 0 amide bonds. The highest BCUT2D eigenvalue weighted by atomic mass is 16.5. The highest BCUT2D eigenvalue weighted by Gasteiger charge is 2.07. The lowest BCUT2D eigenvalue weighted by Gasteiger charge is -1.99. The van der Waals surface area contributed by atoms with Gasteiger partial charge in [-0.3, -0.25) is 14.8 Å². The minimum absolute atomic E-state index is 0.212. The molecule has 0 fully saturated rings. The van der Waals surface area contributed by atoms with Crippen LogP contribution in [0, 0.1) is 0 Å². The Morgan fingerprint density at radius 2 is 2.00 bits per heavy atom. The number of hydrogen-bond donors (Lipinski definition) is 3. The van der Waals surface area contributed by atoms with Gasteiger partial charge in [-0.05, 0) is 6.42 Å². The van der Waals surface area contributed by atoms with Crippen molar-refractivity contribution in [2.75, 3.05) is 6.61 Å². The van der Waals surface area contributed by atoms with E-state index in [1.807, 2.05) is 0 Å². The molecule has 0 saturated heterocycles. The topological polar surface area (TPSA) is 104 Å². The fourth-order valence-corrected chi connectivity index (χ4v) is 1.50. The average molecular weight is 238 g/mol. The summed E-state index contributed by atoms with van der Waals surface area (Å²) in [4.78, 5) is 33.6. The molecule has 2 heterocycles. The lowest BCUT2D eigenvalue weighted by atomic mass is 10.3. The molecule has 0 aliphatic carbocycles. The number of hydrogen-bond acceptors (Lipinski definition) is 4. The Kier molecular flexibility index (Phi) is 3.27. The molecule has 17 heavy (non-hydrogen) atoms. The van der Waals surface area contributed by atoms with E-state index < -0.39 is 11.2 Å². The predicted molar refractivity (Wildman–Crippen MR) is 62.4 cm³/mol. The van der Waals surface area contributed by atoms with Crippen LogP contribution in [-0.2, 0) is 0 Å². The van der Waals surface area contributed by atoms with Crippen molar-refractivity contribution in [1.29, 1.82) is 0 Å². The maximum atomic E-state index is 11.4. The number of unbranched alkanes of at least 4 members (excludes halogenated alkanes) is 2. The van der Waals surface area contributed by atoms with E-state index in [-0.39, 0.29) is 17.2 Å². The number of ether oxygens (including phenoxy) is 1. The van der Waals surface area contributed by atoms with E-state index in [1.165, 1.54) is 0 Å². The molecule has 92 valence electrons. The Morgan fingerprint density at radius 3 is 2.76 bits per heavy atom. The standard InChI is InChI=1S/C10H14N4O3/c1-2-3-4-5-17-10-11-6-7(13-10)12-9(16)14-8(6)15/h2-5H2,1H3,(H3,11,12,13,14,15,16). The van der Waals surface area contributed by atoms with E-state index in [4.69, 9.17) is 4.74 Å². The van der Waals surface area contributed by atoms with E-state index >= 15 is 0 Å². The first-order chi connectivity index (χ1) is 8.20. The van der Waals surface area contributed by atoms with Gasteiger partial charge in [0.05, 0.1) is 6.61 Å². The van der Waals surface area contributed by atoms with E-state index in [0.29, 0.717) is 6.61 Å². The van der Waals surface area contributed by atoms with Crippen molar-refractivity contribution in [3.05, 3.63) is 20.8 Å². The minimum atomic E-state index is -0.577. The van der Waals surface area contributed by atoms with Gasteiger partial charge in [0.15, 0.2) is 11.2 Å². The molecule has 0 radical (unpaired) electrons. The Morgan fingerprint density at radius 1 is 1.18 bits per heavy atom. The summed E-state index contributed by atoms with van der Waals surface area (Å²) in [6, 6.07) is 0.253. The molecule has 0 bridgehead atoms. The second-order valence-electron chi connectivity index (χ2n) is 3.73. The van der Waals surface area contributed by atoms with Crippen LogP contribution in [0.4, 0.5) is 0 Å². The van der Waals surface area contributed by atoms with Crippen molar-refractivity contribution in [3.8, 4) is 6.01 Å². The Balaban J connectivity index is 2.18. The van der Waals surface area contributed by atoms with Crippen LogP contribution in [0.2, 0.25) is 0 Å². The highest BCUT2D eigenvalue weighted by molar-refractivity contribution is 5.69. The third-order valence-electron chi connectivity index (χ3n) is 2.35. The van der Waals surface area contributed by atoms with Crippen LogP contribution >= 0.6 is 0 Å². The van der Waals surface area contributed by atoms with Gasteiger partial charge in [0.1, 0.15) is 0 Å². The molecular formula is C10H14N4O3. The van der Waals surface area contributed by atoms with Gasteiger partial charge >= 0.3 is 5.69 Å². The fourth-order valence-electron chi connectivity index (χ4n) is 1.50. The van der Waals surface area contributed by atoms with Gasteiger partial charge in [-0.2, -0.15) is 4.98 Å². The summed E-state index contributed by atoms with van der Waals surface area (Å²) in [5.74, 6) is 0. The van der Waals surface area contributed by atoms with E-state index in [1.54, 1.807) is 0 Å². The molecule has 0 aliphatic heterocycles. The summed E-state index contributed by atoms with van der Waals surface area (Å²) in [7, 11) is 0. The Labute approximate surface area is 96.2 Å². The van der Waals surface area contributed by atoms with Gasteiger partial charge in [0.2, 0.25) is 0 Å². The van der Waals surface area contributed by atoms with Crippen molar-refractivity contribution in [3.63, 3.8) is 0 Å². The van der Waals surface area contributed by atoms with Crippen molar-refractivity contribution in [2.24, 2.45) is 0 Å². The summed E-state index contributed by atoms with van der Waals surface area (Å²) in [6.45, 7) is 2.64. The third kappa shape index (κ3) is 2.55. The fraction of sp³-hybridized carbons (Fsp3) is 0.500. The number of nitrogens with one attached hydrogen (secondary N) is 3. The monoisotopic (exact) mass is 238 g/mol. The number of rotatable bonds is 5. The van der Waals surface area contributed by atoms with E-state index in [9.17, 15) is 9.59 Å². The molecule has 0 spiro atoms. The lowest BCUT2D eigenvalue weighted by molar-refractivity contribution is 0.286. The summed E-state index contributed by atoms with van der Waals surface area (Å²) in [6.07, 6.45) is 3.12. The quantitative estimate of drug-likeness (QED) is 0.660. The van der Waals surface area contributed by atoms with Gasteiger partial charge in [0, 0.05) is 0 Å². The van der Waals surface area contributed by atoms with Crippen LogP contribution in [0.25, 0.3) is 11.2 Å². The average Bonchev–Trinajstić information content (AvgIpc) is 2.67. The molecule has 7 nitrogen and oxygen atoms in total. The zero-order valence-electron chi connectivity index (χ0n) is 9.50. The maximum Gasteiger partial charge on any atom is 0.327 e. The van der Waals surface area contributed by atoms with Gasteiger partial charge in [-0.25, -0.2) is 4.79 Å². The normalized spacial score (nSPS) is 10.9. The first-order valence-electron chi connectivity index (χ1n) is 5.56. The number of nitrogens with zero attached hydrogens (tertiary/aromatic N) is 1. The summed E-state index contributed by atoms with van der Waals surface area (Å²) in [5, 5.41) is 0. The number of aromatic amines is 3. The van der Waals surface area contributed by atoms with Gasteiger partial charge < -0.3 is 9.72 Å². The van der Waals surface area contributed by atoms with E-state index in [2.05, 4.69) is 26.9 Å². The molecule has 0 unspecified atom stereocenters. The summed E-state index contributed by atoms with van der Waals surface area (Å²) < 4.78 is 5.35. The molecule has 7 heteroatoms. The Hall–Kier alpha value is -2.05. The van der Waals surface area contributed by atoms with Crippen LogP contribution in [0.3, 0.4) is 0 Å². The molecule has 0 saturated carbocycles. The number of fused-ring (bicyclic) bond motifs is 1. The summed E-state index contributed by atoms with van der Waals surface area (Å²) >= 11 is 0. The first-order valence-corrected chi connectivity index (χ1v) is 5.56. The molecule has 3 N–H and O–H groups in total. The van der Waals surface area contributed by atoms with Gasteiger partial charge in [0.25, 0.3) is 11.6 Å².